The minimum atomic E-state index is 0. The fourth-order valence-corrected chi connectivity index (χ4v) is 0.918. The molecule has 0 saturated carbocycles. The van der Waals surface area contributed by atoms with Gasteiger partial charge in [0.2, 0.25) is 0 Å². The van der Waals surface area contributed by atoms with Crippen molar-refractivity contribution >= 4 is 15.9 Å². The van der Waals surface area contributed by atoms with Crippen molar-refractivity contribution < 1.29 is 27.7 Å². The van der Waals surface area contributed by atoms with Crippen LogP contribution >= 0.6 is 15.9 Å². The quantitative estimate of drug-likeness (QED) is 0.408. The average Bonchev–Trinajstić information content (AvgIpc) is 1.69. The number of hydrogen-bond acceptors (Lipinski definition) is 0. The van der Waals surface area contributed by atoms with E-state index in [0.717, 1.165) is 0 Å². The number of rotatable bonds is 4. The van der Waals surface area contributed by atoms with E-state index in [-0.39, 0.29) is 27.7 Å². The van der Waals surface area contributed by atoms with Gasteiger partial charge in [-0.1, -0.05) is 42.1 Å². The molecule has 0 aromatic carbocycles. The first-order valence-corrected chi connectivity index (χ1v) is 4.10. The maximum atomic E-state index is 3.38. The van der Waals surface area contributed by atoms with Gasteiger partial charge < -0.3 is 0 Å². The number of halogens is 1. The third kappa shape index (κ3) is 10.4. The third-order valence-electron chi connectivity index (χ3n) is 0.987. The Morgan fingerprint density at radius 3 is 2.12 bits per heavy atom. The minimum Gasteiger partial charge on any atom is -0.0928 e. The second kappa shape index (κ2) is 11.2. The Morgan fingerprint density at radius 1 is 1.12 bits per heavy atom. The Labute approximate surface area is 81.1 Å². The van der Waals surface area contributed by atoms with Crippen LogP contribution in [0.2, 0.25) is 0 Å². The van der Waals surface area contributed by atoms with Crippen molar-refractivity contribution in [2.45, 2.75) is 32.6 Å². The SMILES string of the molecule is CCCCCCBr.[Hg+2]. The van der Waals surface area contributed by atoms with E-state index in [1.54, 1.807) is 0 Å². The molecular formula is C6H13BrHg+2. The monoisotopic (exact) mass is 366 g/mol. The summed E-state index contributed by atoms with van der Waals surface area (Å²) >= 11 is 3.38. The Balaban J connectivity index is 0. The van der Waals surface area contributed by atoms with Crippen molar-refractivity contribution in [1.29, 1.82) is 0 Å². The second-order valence-corrected chi connectivity index (χ2v) is 2.54. The fourth-order valence-electron chi connectivity index (χ4n) is 0.521. The van der Waals surface area contributed by atoms with Gasteiger partial charge in [-0.3, -0.25) is 0 Å². The van der Waals surface area contributed by atoms with Crippen LogP contribution in [0.5, 0.6) is 0 Å². The molecule has 0 aromatic rings. The van der Waals surface area contributed by atoms with Gasteiger partial charge in [-0.2, -0.15) is 0 Å². The van der Waals surface area contributed by atoms with Crippen LogP contribution in [0.1, 0.15) is 32.6 Å². The molecule has 0 bridgehead atoms. The summed E-state index contributed by atoms with van der Waals surface area (Å²) < 4.78 is 0. The van der Waals surface area contributed by atoms with Gasteiger partial charge in [0.25, 0.3) is 0 Å². The van der Waals surface area contributed by atoms with Gasteiger partial charge in [0, 0.05) is 5.33 Å². The molecule has 44 valence electrons. The Bertz CT molecular complexity index is 27.7. The molecule has 0 atom stereocenters. The molecule has 0 saturated heterocycles. The summed E-state index contributed by atoms with van der Waals surface area (Å²) in [4.78, 5) is 0. The van der Waals surface area contributed by atoms with Crippen molar-refractivity contribution in [2.75, 3.05) is 5.33 Å². The van der Waals surface area contributed by atoms with Crippen LogP contribution < -0.4 is 0 Å². The maximum Gasteiger partial charge on any atom is 2.00 e. The molecule has 0 amide bonds. The largest absolute Gasteiger partial charge is 2.00 e. The summed E-state index contributed by atoms with van der Waals surface area (Å²) in [6, 6.07) is 0. The van der Waals surface area contributed by atoms with Crippen LogP contribution in [0.3, 0.4) is 0 Å². The van der Waals surface area contributed by atoms with Gasteiger partial charge in [-0.25, -0.2) is 0 Å². The second-order valence-electron chi connectivity index (χ2n) is 1.75. The van der Waals surface area contributed by atoms with Gasteiger partial charge in [0.1, 0.15) is 0 Å². The Kier molecular flexibility index (Phi) is 17.0. The molecule has 8 heavy (non-hydrogen) atoms. The molecule has 0 N–H and O–H groups in total. The van der Waals surface area contributed by atoms with Crippen molar-refractivity contribution in [1.82, 2.24) is 0 Å². The molecule has 0 aromatic heterocycles. The first-order valence-electron chi connectivity index (χ1n) is 2.97. The molecular weight excluding hydrogens is 353 g/mol. The number of hydrogen-bond donors (Lipinski definition) is 0. The molecule has 0 aliphatic rings. The van der Waals surface area contributed by atoms with E-state index in [1.165, 1.54) is 31.0 Å². The van der Waals surface area contributed by atoms with E-state index < -0.39 is 0 Å². The summed E-state index contributed by atoms with van der Waals surface area (Å²) in [6.45, 7) is 2.23. The van der Waals surface area contributed by atoms with Crippen molar-refractivity contribution in [3.63, 3.8) is 0 Å². The first kappa shape index (κ1) is 12.1. The molecule has 0 spiro atoms. The summed E-state index contributed by atoms with van der Waals surface area (Å²) in [7, 11) is 0. The van der Waals surface area contributed by atoms with Crippen molar-refractivity contribution in [3.8, 4) is 0 Å². The molecule has 2 heteroatoms. The van der Waals surface area contributed by atoms with Gasteiger partial charge in [0.15, 0.2) is 0 Å². The van der Waals surface area contributed by atoms with Gasteiger partial charge >= 0.3 is 27.7 Å². The number of alkyl halides is 1. The normalized spacial score (nSPS) is 8.25. The van der Waals surface area contributed by atoms with E-state index in [4.69, 9.17) is 0 Å². The molecule has 0 radical (unpaired) electrons. The number of unbranched alkanes of at least 4 members (excludes halogenated alkanes) is 3. The molecule has 0 rings (SSSR count). The van der Waals surface area contributed by atoms with Crippen LogP contribution in [0, 0.1) is 0 Å². The molecule has 0 fully saturated rings. The minimum absolute atomic E-state index is 0. The van der Waals surface area contributed by atoms with E-state index in [0.29, 0.717) is 0 Å². The predicted octanol–water partition coefficient (Wildman–Crippen LogP) is 2.96. The molecule has 0 nitrogen and oxygen atoms in total. The zero-order valence-corrected chi connectivity index (χ0v) is 12.7. The first-order chi connectivity index (χ1) is 3.41. The Morgan fingerprint density at radius 2 is 1.75 bits per heavy atom. The maximum absolute atomic E-state index is 3.38. The Hall–Kier alpha value is 1.42. The molecule has 0 aliphatic carbocycles. The van der Waals surface area contributed by atoms with Crippen molar-refractivity contribution in [3.05, 3.63) is 0 Å². The van der Waals surface area contributed by atoms with Crippen LogP contribution in [-0.2, 0) is 27.7 Å². The summed E-state index contributed by atoms with van der Waals surface area (Å²) in [5.74, 6) is 0. The zero-order chi connectivity index (χ0) is 5.54. The van der Waals surface area contributed by atoms with E-state index in [2.05, 4.69) is 22.9 Å². The van der Waals surface area contributed by atoms with Crippen LogP contribution in [0.4, 0.5) is 0 Å². The van der Waals surface area contributed by atoms with Gasteiger partial charge in [-0.05, 0) is 6.42 Å². The van der Waals surface area contributed by atoms with E-state index in [9.17, 15) is 0 Å². The van der Waals surface area contributed by atoms with E-state index >= 15 is 0 Å². The zero-order valence-electron chi connectivity index (χ0n) is 5.62. The van der Waals surface area contributed by atoms with Crippen LogP contribution in [0.25, 0.3) is 0 Å². The molecule has 0 heterocycles. The van der Waals surface area contributed by atoms with Crippen molar-refractivity contribution in [2.24, 2.45) is 0 Å². The smallest absolute Gasteiger partial charge is 0.0928 e. The van der Waals surface area contributed by atoms with Crippen LogP contribution in [0.15, 0.2) is 0 Å². The average molecular weight is 366 g/mol. The molecule has 0 aliphatic heterocycles. The van der Waals surface area contributed by atoms with Gasteiger partial charge in [-0.15, -0.1) is 0 Å². The third-order valence-corrected chi connectivity index (χ3v) is 1.55. The summed E-state index contributed by atoms with van der Waals surface area (Å²) in [6.07, 6.45) is 5.47. The summed E-state index contributed by atoms with van der Waals surface area (Å²) in [5, 5.41) is 1.17. The fraction of sp³-hybridized carbons (Fsp3) is 1.00. The topological polar surface area (TPSA) is 0 Å². The van der Waals surface area contributed by atoms with E-state index in [1.807, 2.05) is 0 Å². The standard InChI is InChI=1S/C6H13Br.Hg/c1-2-3-4-5-6-7;/h2-6H2,1H3;/q;+2. The summed E-state index contributed by atoms with van der Waals surface area (Å²) in [5.41, 5.74) is 0. The molecule has 0 unspecified atom stereocenters. The van der Waals surface area contributed by atoms with Gasteiger partial charge in [0.05, 0.1) is 0 Å². The predicted molar refractivity (Wildman–Crippen MR) is 37.9 cm³/mol. The van der Waals surface area contributed by atoms with Crippen LogP contribution in [-0.4, -0.2) is 5.33 Å².